The van der Waals surface area contributed by atoms with Gasteiger partial charge in [0.1, 0.15) is 0 Å². The molecule has 5 heteroatoms. The Morgan fingerprint density at radius 1 is 1.37 bits per heavy atom. The molecule has 1 aliphatic rings. The van der Waals surface area contributed by atoms with Crippen LogP contribution in [0.15, 0.2) is 29.6 Å². The number of alkyl halides is 1. The quantitative estimate of drug-likeness (QED) is 0.784. The standard InChI is InChI=1S/C14H13BrN2OS/c1-9-2-4-10(5-3-9)12-8-19-14(16-12)17-7-11(15)6-13(17)18/h2-5,8,11H,6-7H2,1H3. The number of carbonyl (C=O) groups excluding carboxylic acids is 1. The van der Waals surface area contributed by atoms with E-state index in [0.29, 0.717) is 13.0 Å². The lowest BCUT2D eigenvalue weighted by Crippen LogP contribution is -2.24. The second-order valence-corrected chi connectivity index (χ2v) is 6.82. The van der Waals surface area contributed by atoms with Crippen LogP contribution in [0.5, 0.6) is 0 Å². The van der Waals surface area contributed by atoms with Crippen LogP contribution in [0.1, 0.15) is 12.0 Å². The van der Waals surface area contributed by atoms with Gasteiger partial charge in [0.2, 0.25) is 5.91 Å². The number of nitrogens with zero attached hydrogens (tertiary/aromatic N) is 2. The summed E-state index contributed by atoms with van der Waals surface area (Å²) >= 11 is 5.02. The van der Waals surface area contributed by atoms with Crippen molar-refractivity contribution in [3.05, 3.63) is 35.2 Å². The number of hydrogen-bond donors (Lipinski definition) is 0. The number of rotatable bonds is 2. The molecule has 0 spiro atoms. The van der Waals surface area contributed by atoms with Crippen LogP contribution in [-0.2, 0) is 4.79 Å². The lowest BCUT2D eigenvalue weighted by atomic mass is 10.1. The fourth-order valence-corrected chi connectivity index (χ4v) is 3.52. The maximum absolute atomic E-state index is 11.8. The van der Waals surface area contributed by atoms with Crippen molar-refractivity contribution in [2.75, 3.05) is 11.4 Å². The third kappa shape index (κ3) is 2.58. The minimum Gasteiger partial charge on any atom is -0.287 e. The summed E-state index contributed by atoms with van der Waals surface area (Å²) < 4.78 is 0. The van der Waals surface area contributed by atoms with E-state index in [9.17, 15) is 4.79 Å². The van der Waals surface area contributed by atoms with Crippen molar-refractivity contribution >= 4 is 38.3 Å². The van der Waals surface area contributed by atoms with E-state index in [1.165, 1.54) is 16.9 Å². The molecule has 2 aromatic rings. The van der Waals surface area contributed by atoms with Crippen molar-refractivity contribution in [2.45, 2.75) is 18.2 Å². The number of aromatic nitrogens is 1. The molecule has 98 valence electrons. The van der Waals surface area contributed by atoms with Gasteiger partial charge in [-0.05, 0) is 6.92 Å². The average Bonchev–Trinajstić information content (AvgIpc) is 2.97. The van der Waals surface area contributed by atoms with Gasteiger partial charge in [-0.2, -0.15) is 0 Å². The molecule has 1 aliphatic heterocycles. The van der Waals surface area contributed by atoms with Crippen molar-refractivity contribution in [1.29, 1.82) is 0 Å². The summed E-state index contributed by atoms with van der Waals surface area (Å²) in [4.78, 5) is 18.4. The Morgan fingerprint density at radius 2 is 2.11 bits per heavy atom. The molecule has 19 heavy (non-hydrogen) atoms. The van der Waals surface area contributed by atoms with Crippen molar-refractivity contribution in [3.63, 3.8) is 0 Å². The first-order chi connectivity index (χ1) is 9.13. The molecule has 0 radical (unpaired) electrons. The number of anilines is 1. The molecule has 1 amide bonds. The van der Waals surface area contributed by atoms with Crippen LogP contribution >= 0.6 is 27.3 Å². The fourth-order valence-electron chi connectivity index (χ4n) is 2.09. The third-order valence-electron chi connectivity index (χ3n) is 3.15. The van der Waals surface area contributed by atoms with Crippen LogP contribution in [-0.4, -0.2) is 22.3 Å². The first kappa shape index (κ1) is 12.8. The van der Waals surface area contributed by atoms with Crippen LogP contribution in [0.4, 0.5) is 5.13 Å². The number of benzene rings is 1. The zero-order valence-corrected chi connectivity index (χ0v) is 12.9. The van der Waals surface area contributed by atoms with Gasteiger partial charge in [-0.1, -0.05) is 45.8 Å². The highest BCUT2D eigenvalue weighted by atomic mass is 79.9. The topological polar surface area (TPSA) is 33.2 Å². The molecule has 0 N–H and O–H groups in total. The van der Waals surface area contributed by atoms with Gasteiger partial charge in [0.15, 0.2) is 5.13 Å². The highest BCUT2D eigenvalue weighted by Crippen LogP contribution is 2.31. The molecule has 1 atom stereocenters. The summed E-state index contributed by atoms with van der Waals surface area (Å²) in [5, 5.41) is 2.80. The molecule has 0 saturated carbocycles. The van der Waals surface area contributed by atoms with Gasteiger partial charge in [0, 0.05) is 28.7 Å². The fraction of sp³-hybridized carbons (Fsp3) is 0.286. The van der Waals surface area contributed by atoms with Crippen LogP contribution < -0.4 is 4.90 Å². The Bertz CT molecular complexity index is 608. The summed E-state index contributed by atoms with van der Waals surface area (Å²) in [6.45, 7) is 2.77. The summed E-state index contributed by atoms with van der Waals surface area (Å²) in [5.74, 6) is 0.145. The van der Waals surface area contributed by atoms with Crippen molar-refractivity contribution < 1.29 is 4.79 Å². The molecule has 1 aromatic heterocycles. The van der Waals surface area contributed by atoms with Gasteiger partial charge in [-0.3, -0.25) is 9.69 Å². The van der Waals surface area contributed by atoms with Crippen LogP contribution in [0, 0.1) is 6.92 Å². The van der Waals surface area contributed by atoms with Crippen LogP contribution in [0.25, 0.3) is 11.3 Å². The van der Waals surface area contributed by atoms with Gasteiger partial charge in [-0.25, -0.2) is 4.98 Å². The molecule has 3 rings (SSSR count). The number of hydrogen-bond acceptors (Lipinski definition) is 3. The van der Waals surface area contributed by atoms with Gasteiger partial charge in [0.05, 0.1) is 5.69 Å². The Morgan fingerprint density at radius 3 is 2.74 bits per heavy atom. The van der Waals surface area contributed by atoms with E-state index in [1.54, 1.807) is 4.90 Å². The number of aryl methyl sites for hydroxylation is 1. The SMILES string of the molecule is Cc1ccc(-c2csc(N3CC(Br)CC3=O)n2)cc1. The zero-order valence-electron chi connectivity index (χ0n) is 10.5. The van der Waals surface area contributed by atoms with Gasteiger partial charge in [0.25, 0.3) is 0 Å². The lowest BCUT2D eigenvalue weighted by Gasteiger charge is -2.10. The predicted octanol–water partition coefficient (Wildman–Crippen LogP) is 3.62. The molecular weight excluding hydrogens is 324 g/mol. The first-order valence-corrected chi connectivity index (χ1v) is 7.90. The number of halogens is 1. The Labute approximate surface area is 124 Å². The van der Waals surface area contributed by atoms with Crippen molar-refractivity contribution in [3.8, 4) is 11.3 Å². The van der Waals surface area contributed by atoms with Gasteiger partial charge >= 0.3 is 0 Å². The largest absolute Gasteiger partial charge is 0.287 e. The molecule has 0 bridgehead atoms. The van der Waals surface area contributed by atoms with E-state index in [-0.39, 0.29) is 10.7 Å². The molecule has 1 aromatic carbocycles. The Balaban J connectivity index is 1.87. The van der Waals surface area contributed by atoms with Crippen molar-refractivity contribution in [1.82, 2.24) is 4.98 Å². The minimum absolute atomic E-state index is 0.145. The van der Waals surface area contributed by atoms with Crippen molar-refractivity contribution in [2.24, 2.45) is 0 Å². The molecule has 0 aliphatic carbocycles. The molecule has 2 heterocycles. The second-order valence-electron chi connectivity index (χ2n) is 4.69. The highest BCUT2D eigenvalue weighted by molar-refractivity contribution is 9.09. The summed E-state index contributed by atoms with van der Waals surface area (Å²) in [6, 6.07) is 8.27. The summed E-state index contributed by atoms with van der Waals surface area (Å²) in [5.41, 5.74) is 3.26. The zero-order chi connectivity index (χ0) is 13.4. The normalized spacial score (nSPS) is 19.2. The van der Waals surface area contributed by atoms with Gasteiger partial charge < -0.3 is 0 Å². The molecular formula is C14H13BrN2OS. The maximum atomic E-state index is 11.8. The number of carbonyl (C=O) groups is 1. The van der Waals surface area contributed by atoms with E-state index < -0.39 is 0 Å². The van der Waals surface area contributed by atoms with E-state index in [4.69, 9.17) is 0 Å². The molecule has 1 unspecified atom stereocenters. The highest BCUT2D eigenvalue weighted by Gasteiger charge is 2.30. The monoisotopic (exact) mass is 336 g/mol. The lowest BCUT2D eigenvalue weighted by molar-refractivity contribution is -0.117. The summed E-state index contributed by atoms with van der Waals surface area (Å²) in [7, 11) is 0. The van der Waals surface area contributed by atoms with Crippen LogP contribution in [0.2, 0.25) is 0 Å². The maximum Gasteiger partial charge on any atom is 0.230 e. The van der Waals surface area contributed by atoms with Crippen LogP contribution in [0.3, 0.4) is 0 Å². The first-order valence-electron chi connectivity index (χ1n) is 6.10. The van der Waals surface area contributed by atoms with E-state index in [1.807, 2.05) is 5.38 Å². The molecule has 1 fully saturated rings. The predicted molar refractivity (Wildman–Crippen MR) is 82.0 cm³/mol. The minimum atomic E-state index is 0.145. The van der Waals surface area contributed by atoms with E-state index >= 15 is 0 Å². The number of thiazole rings is 1. The Kier molecular flexibility index (Phi) is 3.41. The van der Waals surface area contributed by atoms with Gasteiger partial charge in [-0.15, -0.1) is 11.3 Å². The third-order valence-corrected chi connectivity index (χ3v) is 4.63. The summed E-state index contributed by atoms with van der Waals surface area (Å²) in [6.07, 6.45) is 0.555. The molecule has 3 nitrogen and oxygen atoms in total. The average molecular weight is 337 g/mol. The smallest absolute Gasteiger partial charge is 0.230 e. The molecule has 1 saturated heterocycles. The second kappa shape index (κ2) is 5.06. The number of amides is 1. The van der Waals surface area contributed by atoms with E-state index in [2.05, 4.69) is 52.1 Å². The Hall–Kier alpha value is -1.20. The van der Waals surface area contributed by atoms with E-state index in [0.717, 1.165) is 16.4 Å².